The summed E-state index contributed by atoms with van der Waals surface area (Å²) in [4.78, 5) is 2.48. The van der Waals surface area contributed by atoms with Crippen LogP contribution in [0.15, 0.2) is 72.8 Å². The molecule has 0 atom stereocenters. The fourth-order valence-corrected chi connectivity index (χ4v) is 3.77. The molecule has 0 amide bonds. The summed E-state index contributed by atoms with van der Waals surface area (Å²) in [5.74, 6) is 0.660. The fraction of sp³-hybridized carbons (Fsp3) is 0.286. The number of rotatable bonds is 6. The smallest absolute Gasteiger partial charge is 0.193 e. The quantitative estimate of drug-likeness (QED) is 0.697. The molecule has 3 aromatic rings. The number of nitrogens with zero attached hydrogens (tertiary/aromatic N) is 4. The number of aromatic nitrogens is 4. The third-order valence-electron chi connectivity index (χ3n) is 5.09. The van der Waals surface area contributed by atoms with Crippen molar-refractivity contribution in [2.75, 3.05) is 19.6 Å². The summed E-state index contributed by atoms with van der Waals surface area (Å²) in [6.07, 6.45) is 7.07. The Labute approximate surface area is 153 Å². The average Bonchev–Trinajstić information content (AvgIpc) is 3.41. The highest BCUT2D eigenvalue weighted by Gasteiger charge is 2.37. The minimum Gasteiger partial charge on any atom is -0.300 e. The first-order valence-electron chi connectivity index (χ1n) is 9.14. The van der Waals surface area contributed by atoms with Crippen molar-refractivity contribution in [3.63, 3.8) is 0 Å². The van der Waals surface area contributed by atoms with Crippen LogP contribution in [0.25, 0.3) is 0 Å². The molecule has 0 bridgehead atoms. The van der Waals surface area contributed by atoms with Crippen LogP contribution in [-0.4, -0.2) is 45.2 Å². The number of benzene rings is 2. The SMILES string of the molecule is C(=C\C(c1ccccc1)(c1ccccc1)c1nn[nH]n1)/CN1CCCC1. The van der Waals surface area contributed by atoms with E-state index in [2.05, 4.69) is 86.2 Å². The number of aromatic amines is 1. The molecule has 1 fully saturated rings. The lowest BCUT2D eigenvalue weighted by atomic mass is 9.73. The highest BCUT2D eigenvalue weighted by atomic mass is 15.5. The maximum Gasteiger partial charge on any atom is 0.193 e. The Morgan fingerprint density at radius 1 is 0.923 bits per heavy atom. The molecule has 5 nitrogen and oxygen atoms in total. The molecule has 0 unspecified atom stereocenters. The van der Waals surface area contributed by atoms with Gasteiger partial charge in [-0.15, -0.1) is 10.2 Å². The maximum atomic E-state index is 4.38. The predicted octanol–water partition coefficient (Wildman–Crippen LogP) is 3.19. The second-order valence-electron chi connectivity index (χ2n) is 6.69. The van der Waals surface area contributed by atoms with E-state index >= 15 is 0 Å². The van der Waals surface area contributed by atoms with Gasteiger partial charge in [0.1, 0.15) is 5.41 Å². The van der Waals surface area contributed by atoms with Gasteiger partial charge < -0.3 is 0 Å². The monoisotopic (exact) mass is 345 g/mol. The van der Waals surface area contributed by atoms with E-state index < -0.39 is 5.41 Å². The minimum atomic E-state index is -0.560. The van der Waals surface area contributed by atoms with Crippen molar-refractivity contribution in [1.82, 2.24) is 25.5 Å². The predicted molar refractivity (Wildman–Crippen MR) is 102 cm³/mol. The van der Waals surface area contributed by atoms with Crippen molar-refractivity contribution in [2.45, 2.75) is 18.3 Å². The van der Waals surface area contributed by atoms with E-state index in [0.717, 1.165) is 17.7 Å². The van der Waals surface area contributed by atoms with Gasteiger partial charge in [-0.25, -0.2) is 0 Å². The third kappa shape index (κ3) is 3.18. The molecule has 2 aromatic carbocycles. The van der Waals surface area contributed by atoms with Gasteiger partial charge in [-0.2, -0.15) is 5.21 Å². The molecule has 0 radical (unpaired) electrons. The Balaban J connectivity index is 1.82. The second kappa shape index (κ2) is 7.62. The van der Waals surface area contributed by atoms with Gasteiger partial charge in [-0.05, 0) is 37.1 Å². The highest BCUT2D eigenvalue weighted by Crippen LogP contribution is 2.38. The summed E-state index contributed by atoms with van der Waals surface area (Å²) in [6, 6.07) is 20.8. The van der Waals surface area contributed by atoms with Crippen molar-refractivity contribution in [1.29, 1.82) is 0 Å². The van der Waals surface area contributed by atoms with E-state index in [9.17, 15) is 0 Å². The maximum absolute atomic E-state index is 4.38. The van der Waals surface area contributed by atoms with Crippen molar-refractivity contribution in [2.24, 2.45) is 0 Å². The summed E-state index contributed by atoms with van der Waals surface area (Å²) < 4.78 is 0. The Hall–Kier alpha value is -2.79. The third-order valence-corrected chi connectivity index (χ3v) is 5.09. The van der Waals surface area contributed by atoms with Gasteiger partial charge in [0.25, 0.3) is 0 Å². The summed E-state index contributed by atoms with van der Waals surface area (Å²) in [6.45, 7) is 3.30. The topological polar surface area (TPSA) is 57.7 Å². The average molecular weight is 345 g/mol. The van der Waals surface area contributed by atoms with Crippen LogP contribution in [0, 0.1) is 0 Å². The number of hydrogen-bond acceptors (Lipinski definition) is 4. The number of allylic oxidation sites excluding steroid dienone is 1. The van der Waals surface area contributed by atoms with Crippen LogP contribution < -0.4 is 0 Å². The molecule has 1 saturated heterocycles. The van der Waals surface area contributed by atoms with E-state index in [0.29, 0.717) is 5.82 Å². The molecule has 1 N–H and O–H groups in total. The van der Waals surface area contributed by atoms with Crippen molar-refractivity contribution >= 4 is 0 Å². The molecule has 1 aliphatic heterocycles. The van der Waals surface area contributed by atoms with Crippen LogP contribution in [0.5, 0.6) is 0 Å². The Morgan fingerprint density at radius 2 is 1.54 bits per heavy atom. The first-order chi connectivity index (χ1) is 12.9. The summed E-state index contributed by atoms with van der Waals surface area (Å²) in [5, 5.41) is 15.2. The molecule has 26 heavy (non-hydrogen) atoms. The Kier molecular flexibility index (Phi) is 4.88. The minimum absolute atomic E-state index is 0.560. The second-order valence-corrected chi connectivity index (χ2v) is 6.69. The standard InChI is InChI=1S/C21H23N5/c1-3-10-18(11-4-1)21(20-22-24-25-23-20,19-12-5-2-6-13-19)14-9-17-26-15-7-8-16-26/h1-6,9-14H,7-8,15-17H2,(H,22,23,24,25)/b14-9+. The van der Waals surface area contributed by atoms with E-state index in [4.69, 9.17) is 0 Å². The van der Waals surface area contributed by atoms with Crippen LogP contribution in [0.4, 0.5) is 0 Å². The lowest BCUT2D eigenvalue weighted by Gasteiger charge is -2.29. The van der Waals surface area contributed by atoms with E-state index in [1.165, 1.54) is 25.9 Å². The van der Waals surface area contributed by atoms with Gasteiger partial charge in [0.15, 0.2) is 5.82 Å². The molecule has 1 aromatic heterocycles. The van der Waals surface area contributed by atoms with Crippen LogP contribution >= 0.6 is 0 Å². The molecule has 1 aliphatic rings. The summed E-state index contributed by atoms with van der Waals surface area (Å²) >= 11 is 0. The first-order valence-corrected chi connectivity index (χ1v) is 9.14. The molecule has 4 rings (SSSR count). The zero-order valence-corrected chi connectivity index (χ0v) is 14.8. The van der Waals surface area contributed by atoms with Crippen LogP contribution in [-0.2, 0) is 5.41 Å². The summed E-state index contributed by atoms with van der Waals surface area (Å²) in [7, 11) is 0. The van der Waals surface area contributed by atoms with E-state index in [1.54, 1.807) is 0 Å². The molecule has 0 spiro atoms. The number of H-pyrrole nitrogens is 1. The zero-order valence-electron chi connectivity index (χ0n) is 14.8. The van der Waals surface area contributed by atoms with Crippen molar-refractivity contribution in [3.8, 4) is 0 Å². The number of hydrogen-bond donors (Lipinski definition) is 1. The van der Waals surface area contributed by atoms with Gasteiger partial charge >= 0.3 is 0 Å². The lowest BCUT2D eigenvalue weighted by Crippen LogP contribution is -2.29. The van der Waals surface area contributed by atoms with Gasteiger partial charge in [-0.3, -0.25) is 4.90 Å². The Morgan fingerprint density at radius 3 is 2.08 bits per heavy atom. The molecule has 0 aliphatic carbocycles. The van der Waals surface area contributed by atoms with Crippen LogP contribution in [0.1, 0.15) is 29.8 Å². The van der Waals surface area contributed by atoms with Crippen LogP contribution in [0.2, 0.25) is 0 Å². The molecule has 132 valence electrons. The lowest BCUT2D eigenvalue weighted by molar-refractivity contribution is 0.376. The number of nitrogens with one attached hydrogen (secondary N) is 1. The van der Waals surface area contributed by atoms with Crippen molar-refractivity contribution < 1.29 is 0 Å². The molecular formula is C21H23N5. The molecule has 2 heterocycles. The van der Waals surface area contributed by atoms with Gasteiger partial charge in [-0.1, -0.05) is 78.0 Å². The van der Waals surface area contributed by atoms with E-state index in [1.807, 2.05) is 12.1 Å². The normalized spacial score (nSPS) is 15.7. The van der Waals surface area contributed by atoms with Gasteiger partial charge in [0.2, 0.25) is 0 Å². The highest BCUT2D eigenvalue weighted by molar-refractivity contribution is 5.50. The Bertz CT molecular complexity index is 782. The molecule has 5 heteroatoms. The zero-order chi connectivity index (χ0) is 17.7. The van der Waals surface area contributed by atoms with Crippen LogP contribution in [0.3, 0.4) is 0 Å². The molecule has 0 saturated carbocycles. The van der Waals surface area contributed by atoms with Crippen molar-refractivity contribution in [3.05, 3.63) is 89.8 Å². The van der Waals surface area contributed by atoms with Gasteiger partial charge in [0.05, 0.1) is 0 Å². The molecular weight excluding hydrogens is 322 g/mol. The first kappa shape index (κ1) is 16.7. The summed E-state index contributed by atoms with van der Waals surface area (Å²) in [5.41, 5.74) is 1.70. The number of tetrazole rings is 1. The van der Waals surface area contributed by atoms with E-state index in [-0.39, 0.29) is 0 Å². The largest absolute Gasteiger partial charge is 0.300 e. The van der Waals surface area contributed by atoms with Gasteiger partial charge in [0, 0.05) is 6.54 Å². The number of likely N-dealkylation sites (tertiary alicyclic amines) is 1. The fourth-order valence-electron chi connectivity index (χ4n) is 3.77.